The van der Waals surface area contributed by atoms with Gasteiger partial charge in [-0.2, -0.15) is 4.98 Å². The van der Waals surface area contributed by atoms with Gasteiger partial charge in [0, 0.05) is 13.6 Å². The molecule has 0 atom stereocenters. The van der Waals surface area contributed by atoms with E-state index in [1.54, 1.807) is 14.0 Å². The molecule has 1 fully saturated rings. The topological polar surface area (TPSA) is 93.0 Å². The second kappa shape index (κ2) is 7.19. The molecule has 0 spiro atoms. The van der Waals surface area contributed by atoms with Crippen LogP contribution in [0, 0.1) is 23.0 Å². The number of aryl methyl sites for hydroxylation is 1. The molecule has 21 heavy (non-hydrogen) atoms. The van der Waals surface area contributed by atoms with E-state index in [1.165, 1.54) is 32.1 Å². The molecule has 1 aromatic heterocycles. The molecule has 1 aromatic rings. The van der Waals surface area contributed by atoms with E-state index < -0.39 is 4.92 Å². The predicted octanol–water partition coefficient (Wildman–Crippen LogP) is 3.12. The maximum Gasteiger partial charge on any atom is 0.332 e. The van der Waals surface area contributed by atoms with Crippen LogP contribution in [0.15, 0.2) is 0 Å². The van der Waals surface area contributed by atoms with Crippen LogP contribution in [0.3, 0.4) is 0 Å². The smallest absolute Gasteiger partial charge is 0.332 e. The third kappa shape index (κ3) is 4.03. The molecular formula is C14H23N5O2. The molecule has 7 heteroatoms. The van der Waals surface area contributed by atoms with E-state index in [1.807, 2.05) is 0 Å². The van der Waals surface area contributed by atoms with E-state index >= 15 is 0 Å². The Balaban J connectivity index is 1.96. The lowest BCUT2D eigenvalue weighted by Crippen LogP contribution is -2.11. The first-order valence-corrected chi connectivity index (χ1v) is 7.56. The SMILES string of the molecule is CNc1nc(C)c([N+](=O)[O-])c(NCCCC2CCCC2)n1. The summed E-state index contributed by atoms with van der Waals surface area (Å²) in [5.41, 5.74) is 0.340. The number of nitro groups is 1. The van der Waals surface area contributed by atoms with Crippen molar-refractivity contribution in [3.63, 3.8) is 0 Å². The van der Waals surface area contributed by atoms with Gasteiger partial charge < -0.3 is 10.6 Å². The zero-order valence-corrected chi connectivity index (χ0v) is 12.7. The van der Waals surface area contributed by atoms with Crippen LogP contribution in [0.1, 0.15) is 44.2 Å². The molecule has 0 unspecified atom stereocenters. The van der Waals surface area contributed by atoms with E-state index in [9.17, 15) is 10.1 Å². The lowest BCUT2D eigenvalue weighted by molar-refractivity contribution is -0.385. The average molecular weight is 293 g/mol. The first kappa shape index (κ1) is 15.5. The molecule has 0 amide bonds. The summed E-state index contributed by atoms with van der Waals surface area (Å²) in [7, 11) is 1.70. The largest absolute Gasteiger partial charge is 0.364 e. The molecule has 7 nitrogen and oxygen atoms in total. The normalized spacial score (nSPS) is 15.1. The number of rotatable bonds is 7. The van der Waals surface area contributed by atoms with Crippen molar-refractivity contribution in [3.8, 4) is 0 Å². The highest BCUT2D eigenvalue weighted by molar-refractivity contribution is 5.60. The van der Waals surface area contributed by atoms with E-state index in [0.717, 1.165) is 12.3 Å². The van der Waals surface area contributed by atoms with Crippen LogP contribution >= 0.6 is 0 Å². The van der Waals surface area contributed by atoms with E-state index in [0.29, 0.717) is 24.0 Å². The fraction of sp³-hybridized carbons (Fsp3) is 0.714. The Morgan fingerprint density at radius 2 is 2.05 bits per heavy atom. The molecule has 1 heterocycles. The van der Waals surface area contributed by atoms with Crippen molar-refractivity contribution in [2.24, 2.45) is 5.92 Å². The van der Waals surface area contributed by atoms with Gasteiger partial charge in [0.15, 0.2) is 0 Å². The van der Waals surface area contributed by atoms with E-state index in [-0.39, 0.29) is 5.69 Å². The highest BCUT2D eigenvalue weighted by atomic mass is 16.6. The molecule has 1 saturated carbocycles. The predicted molar refractivity (Wildman–Crippen MR) is 82.7 cm³/mol. The van der Waals surface area contributed by atoms with Crippen LogP contribution in [0.5, 0.6) is 0 Å². The van der Waals surface area contributed by atoms with Crippen LogP contribution in [0.2, 0.25) is 0 Å². The number of aromatic nitrogens is 2. The number of nitrogens with one attached hydrogen (secondary N) is 2. The van der Waals surface area contributed by atoms with Gasteiger partial charge in [-0.25, -0.2) is 4.98 Å². The molecule has 0 aliphatic heterocycles. The van der Waals surface area contributed by atoms with Crippen molar-refractivity contribution >= 4 is 17.5 Å². The Kier molecular flexibility index (Phi) is 5.30. The summed E-state index contributed by atoms with van der Waals surface area (Å²) in [6.07, 6.45) is 7.55. The summed E-state index contributed by atoms with van der Waals surface area (Å²) in [5, 5.41) is 17.1. The van der Waals surface area contributed by atoms with Crippen LogP contribution < -0.4 is 10.6 Å². The average Bonchev–Trinajstić information content (AvgIpc) is 2.95. The molecule has 2 N–H and O–H groups in total. The fourth-order valence-electron chi connectivity index (χ4n) is 2.92. The maximum absolute atomic E-state index is 11.1. The minimum absolute atomic E-state index is 0.0325. The maximum atomic E-state index is 11.1. The van der Waals surface area contributed by atoms with Crippen molar-refractivity contribution in [1.82, 2.24) is 9.97 Å². The van der Waals surface area contributed by atoms with Gasteiger partial charge in [-0.05, 0) is 25.7 Å². The molecule has 0 radical (unpaired) electrons. The van der Waals surface area contributed by atoms with Crippen molar-refractivity contribution in [3.05, 3.63) is 15.8 Å². The number of nitrogens with zero attached hydrogens (tertiary/aromatic N) is 3. The lowest BCUT2D eigenvalue weighted by atomic mass is 10.0. The first-order valence-electron chi connectivity index (χ1n) is 7.56. The van der Waals surface area contributed by atoms with Crippen molar-refractivity contribution in [1.29, 1.82) is 0 Å². The van der Waals surface area contributed by atoms with Gasteiger partial charge in [-0.15, -0.1) is 0 Å². The minimum Gasteiger partial charge on any atom is -0.364 e. The standard InChI is InChI=1S/C14H23N5O2/c1-10-12(19(20)21)13(18-14(15-2)17-10)16-9-5-8-11-6-3-4-7-11/h11H,3-9H2,1-2H3,(H2,15,16,17,18). The third-order valence-corrected chi connectivity index (χ3v) is 4.02. The molecule has 1 aliphatic carbocycles. The van der Waals surface area contributed by atoms with Crippen LogP contribution in [-0.4, -0.2) is 28.5 Å². The Hall–Kier alpha value is -1.92. The van der Waals surface area contributed by atoms with Gasteiger partial charge in [-0.1, -0.05) is 25.7 Å². The van der Waals surface area contributed by atoms with Crippen LogP contribution in [-0.2, 0) is 0 Å². The van der Waals surface area contributed by atoms with E-state index in [2.05, 4.69) is 20.6 Å². The third-order valence-electron chi connectivity index (χ3n) is 4.02. The Labute approximate surface area is 124 Å². The monoisotopic (exact) mass is 293 g/mol. The molecule has 0 saturated heterocycles. The fourth-order valence-corrected chi connectivity index (χ4v) is 2.92. The zero-order chi connectivity index (χ0) is 15.2. The molecule has 2 rings (SSSR count). The summed E-state index contributed by atoms with van der Waals surface area (Å²) in [6.45, 7) is 2.33. The second-order valence-corrected chi connectivity index (χ2v) is 5.56. The minimum atomic E-state index is -0.423. The lowest BCUT2D eigenvalue weighted by Gasteiger charge is -2.11. The van der Waals surface area contributed by atoms with Gasteiger partial charge in [-0.3, -0.25) is 10.1 Å². The van der Waals surface area contributed by atoms with Gasteiger partial charge in [0.2, 0.25) is 11.8 Å². The van der Waals surface area contributed by atoms with Crippen LogP contribution in [0.4, 0.5) is 17.5 Å². The highest BCUT2D eigenvalue weighted by Gasteiger charge is 2.21. The summed E-state index contributed by atoms with van der Waals surface area (Å²) < 4.78 is 0. The molecule has 116 valence electrons. The van der Waals surface area contributed by atoms with Crippen molar-refractivity contribution in [2.45, 2.75) is 45.4 Å². The summed E-state index contributed by atoms with van der Waals surface area (Å²) in [5.74, 6) is 1.54. The summed E-state index contributed by atoms with van der Waals surface area (Å²) >= 11 is 0. The Morgan fingerprint density at radius 3 is 2.67 bits per heavy atom. The second-order valence-electron chi connectivity index (χ2n) is 5.56. The molecule has 0 bridgehead atoms. The summed E-state index contributed by atoms with van der Waals surface area (Å²) in [4.78, 5) is 19.0. The molecule has 1 aliphatic rings. The Bertz CT molecular complexity index is 500. The number of hydrogen-bond donors (Lipinski definition) is 2. The van der Waals surface area contributed by atoms with Crippen molar-refractivity contribution < 1.29 is 4.92 Å². The quantitative estimate of drug-likeness (QED) is 0.456. The molecular weight excluding hydrogens is 270 g/mol. The highest BCUT2D eigenvalue weighted by Crippen LogP contribution is 2.29. The van der Waals surface area contributed by atoms with Crippen LogP contribution in [0.25, 0.3) is 0 Å². The number of anilines is 2. The van der Waals surface area contributed by atoms with Gasteiger partial charge in [0.05, 0.1) is 4.92 Å². The van der Waals surface area contributed by atoms with Crippen molar-refractivity contribution in [2.75, 3.05) is 24.2 Å². The number of hydrogen-bond acceptors (Lipinski definition) is 6. The van der Waals surface area contributed by atoms with Gasteiger partial charge >= 0.3 is 5.69 Å². The first-order chi connectivity index (χ1) is 10.1. The Morgan fingerprint density at radius 1 is 1.33 bits per heavy atom. The van der Waals surface area contributed by atoms with Gasteiger partial charge in [0.25, 0.3) is 0 Å². The molecule has 0 aromatic carbocycles. The van der Waals surface area contributed by atoms with E-state index in [4.69, 9.17) is 0 Å². The summed E-state index contributed by atoms with van der Waals surface area (Å²) in [6, 6.07) is 0. The zero-order valence-electron chi connectivity index (χ0n) is 12.7. The van der Waals surface area contributed by atoms with Gasteiger partial charge in [0.1, 0.15) is 5.69 Å².